The van der Waals surface area contributed by atoms with Crippen LogP contribution in [-0.2, 0) is 4.79 Å². The van der Waals surface area contributed by atoms with Crippen LogP contribution in [-0.4, -0.2) is 69.3 Å². The lowest BCUT2D eigenvalue weighted by molar-refractivity contribution is -0.115. The average molecular weight is 349 g/mol. The van der Waals surface area contributed by atoms with E-state index in [1.807, 2.05) is 0 Å². The summed E-state index contributed by atoms with van der Waals surface area (Å²) in [5, 5.41) is 10.4. The molecular weight excluding hydrogens is 312 g/mol. The van der Waals surface area contributed by atoms with Crippen LogP contribution in [0.25, 0.3) is 0 Å². The van der Waals surface area contributed by atoms with Gasteiger partial charge >= 0.3 is 0 Å². The lowest BCUT2D eigenvalue weighted by Gasteiger charge is -2.19. The van der Waals surface area contributed by atoms with Crippen LogP contribution in [0.4, 0.5) is 0 Å². The maximum absolute atomic E-state index is 10.6. The van der Waals surface area contributed by atoms with Gasteiger partial charge in [-0.1, -0.05) is 0 Å². The molecule has 23 heavy (non-hydrogen) atoms. The molecule has 0 aliphatic carbocycles. The Morgan fingerprint density at radius 2 is 1.65 bits per heavy atom. The van der Waals surface area contributed by atoms with Crippen molar-refractivity contribution in [3.8, 4) is 0 Å². The molecule has 1 unspecified atom stereocenters. The maximum Gasteiger partial charge on any atom is 0.227 e. The quantitative estimate of drug-likeness (QED) is 0.172. The largest absolute Gasteiger partial charge is 0.369 e. The first kappa shape index (κ1) is 22.6. The van der Waals surface area contributed by atoms with Gasteiger partial charge in [0.1, 0.15) is 0 Å². The Kier molecular flexibility index (Phi) is 17.7. The summed E-state index contributed by atoms with van der Waals surface area (Å²) >= 11 is 1.57. The van der Waals surface area contributed by atoms with Crippen molar-refractivity contribution in [2.45, 2.75) is 31.7 Å². The van der Waals surface area contributed by atoms with Gasteiger partial charge in [0, 0.05) is 24.9 Å². The number of nitrogens with one attached hydrogen (secondary N) is 3. The summed E-state index contributed by atoms with van der Waals surface area (Å²) < 4.78 is 0. The van der Waals surface area contributed by atoms with Crippen molar-refractivity contribution in [3.63, 3.8) is 0 Å². The molecule has 7 nitrogen and oxygen atoms in total. The maximum atomic E-state index is 10.6. The van der Waals surface area contributed by atoms with Crippen LogP contribution in [0.2, 0.25) is 0 Å². The summed E-state index contributed by atoms with van der Waals surface area (Å²) in [7, 11) is 0. The number of thioether (sulfide) groups is 1. The van der Waals surface area contributed by atoms with Crippen molar-refractivity contribution in [2.24, 2.45) is 17.2 Å². The Hall–Kier alpha value is -0.380. The van der Waals surface area contributed by atoms with Gasteiger partial charge in [0.2, 0.25) is 5.91 Å². The van der Waals surface area contributed by atoms with E-state index >= 15 is 0 Å². The molecule has 0 saturated heterocycles. The minimum atomic E-state index is -0.251. The summed E-state index contributed by atoms with van der Waals surface area (Å²) in [5.41, 5.74) is 16.1. The molecule has 8 heteroatoms. The third kappa shape index (κ3) is 17.8. The zero-order chi connectivity index (χ0) is 17.2. The van der Waals surface area contributed by atoms with Crippen molar-refractivity contribution in [2.75, 3.05) is 57.3 Å². The predicted molar refractivity (Wildman–Crippen MR) is 101 cm³/mol. The summed E-state index contributed by atoms with van der Waals surface area (Å²) in [4.78, 5) is 10.6. The first-order chi connectivity index (χ1) is 11.2. The minimum Gasteiger partial charge on any atom is -0.369 e. The standard InChI is InChI=1S/C15H36N6OS/c16-5-2-8-19-7-1-4-14(21-9-3-6-17)12-20-10-11-23-13-15(18)22/h14,19-21H,1-13,16-17H2,(H2,18,22). The Bertz CT molecular complexity index is 270. The van der Waals surface area contributed by atoms with Crippen LogP contribution >= 0.6 is 11.8 Å². The van der Waals surface area contributed by atoms with Gasteiger partial charge in [-0.3, -0.25) is 4.79 Å². The van der Waals surface area contributed by atoms with Crippen molar-refractivity contribution in [3.05, 3.63) is 0 Å². The number of carbonyl (C=O) groups excluding carboxylic acids is 1. The second-order valence-electron chi connectivity index (χ2n) is 5.55. The van der Waals surface area contributed by atoms with E-state index in [-0.39, 0.29) is 5.91 Å². The molecule has 0 fully saturated rings. The Morgan fingerprint density at radius 3 is 2.35 bits per heavy atom. The third-order valence-corrected chi connectivity index (χ3v) is 4.32. The van der Waals surface area contributed by atoms with Crippen LogP contribution in [0, 0.1) is 0 Å². The Balaban J connectivity index is 3.70. The van der Waals surface area contributed by atoms with Crippen molar-refractivity contribution in [1.82, 2.24) is 16.0 Å². The molecule has 0 saturated carbocycles. The zero-order valence-electron chi connectivity index (χ0n) is 14.3. The Labute approximate surface area is 145 Å². The van der Waals surface area contributed by atoms with E-state index in [1.165, 1.54) is 0 Å². The molecule has 0 aromatic carbocycles. The molecule has 1 amide bonds. The first-order valence-electron chi connectivity index (χ1n) is 8.61. The molecule has 0 heterocycles. The predicted octanol–water partition coefficient (Wildman–Crippen LogP) is -1.18. The molecule has 0 radical (unpaired) electrons. The topological polar surface area (TPSA) is 131 Å². The van der Waals surface area contributed by atoms with Gasteiger partial charge in [0.15, 0.2) is 0 Å². The Morgan fingerprint density at radius 1 is 0.957 bits per heavy atom. The van der Waals surface area contributed by atoms with E-state index in [9.17, 15) is 4.79 Å². The van der Waals surface area contributed by atoms with Gasteiger partial charge in [0.05, 0.1) is 5.75 Å². The zero-order valence-corrected chi connectivity index (χ0v) is 15.1. The monoisotopic (exact) mass is 348 g/mol. The van der Waals surface area contributed by atoms with E-state index in [1.54, 1.807) is 11.8 Å². The summed E-state index contributed by atoms with van der Waals surface area (Å²) in [6.07, 6.45) is 4.30. The fourth-order valence-corrected chi connectivity index (χ4v) is 2.74. The molecule has 0 aromatic rings. The molecule has 0 bridgehead atoms. The normalized spacial score (nSPS) is 12.4. The second kappa shape index (κ2) is 18.0. The number of rotatable bonds is 18. The smallest absolute Gasteiger partial charge is 0.227 e. The molecule has 0 aliphatic rings. The van der Waals surface area contributed by atoms with Crippen LogP contribution in [0.1, 0.15) is 25.7 Å². The van der Waals surface area contributed by atoms with E-state index < -0.39 is 0 Å². The van der Waals surface area contributed by atoms with Crippen molar-refractivity contribution in [1.29, 1.82) is 0 Å². The lowest BCUT2D eigenvalue weighted by atomic mass is 10.1. The van der Waals surface area contributed by atoms with Gasteiger partial charge in [-0.05, 0) is 58.4 Å². The number of hydrogen-bond acceptors (Lipinski definition) is 7. The lowest BCUT2D eigenvalue weighted by Crippen LogP contribution is -2.40. The molecule has 1 atom stereocenters. The van der Waals surface area contributed by atoms with E-state index in [0.29, 0.717) is 11.8 Å². The number of primary amides is 1. The van der Waals surface area contributed by atoms with Gasteiger partial charge in [-0.15, -0.1) is 0 Å². The average Bonchev–Trinajstić information content (AvgIpc) is 2.53. The highest BCUT2D eigenvalue weighted by atomic mass is 32.2. The van der Waals surface area contributed by atoms with Gasteiger partial charge in [-0.2, -0.15) is 11.8 Å². The molecule has 0 aliphatic heterocycles. The van der Waals surface area contributed by atoms with E-state index in [4.69, 9.17) is 17.2 Å². The SMILES string of the molecule is NCCCNCCCC(CNCCSCC(N)=O)NCCCN. The highest BCUT2D eigenvalue weighted by Gasteiger charge is 2.07. The van der Waals surface area contributed by atoms with Gasteiger partial charge in [-0.25, -0.2) is 0 Å². The molecular formula is C15H36N6OS. The molecule has 0 aromatic heterocycles. The van der Waals surface area contributed by atoms with Crippen LogP contribution < -0.4 is 33.2 Å². The van der Waals surface area contributed by atoms with Crippen molar-refractivity contribution < 1.29 is 4.79 Å². The number of nitrogens with two attached hydrogens (primary N) is 3. The molecule has 0 spiro atoms. The molecule has 0 rings (SSSR count). The summed E-state index contributed by atoms with van der Waals surface area (Å²) in [6, 6.07) is 0.457. The number of amides is 1. The minimum absolute atomic E-state index is 0.251. The van der Waals surface area contributed by atoms with Crippen LogP contribution in [0.3, 0.4) is 0 Å². The fraction of sp³-hybridized carbons (Fsp3) is 0.933. The van der Waals surface area contributed by atoms with Gasteiger partial charge < -0.3 is 33.2 Å². The summed E-state index contributed by atoms with van der Waals surface area (Å²) in [5.74, 6) is 1.05. The van der Waals surface area contributed by atoms with Crippen LogP contribution in [0.5, 0.6) is 0 Å². The molecule has 9 N–H and O–H groups in total. The fourth-order valence-electron chi connectivity index (χ4n) is 2.10. The van der Waals surface area contributed by atoms with Gasteiger partial charge in [0.25, 0.3) is 0 Å². The highest BCUT2D eigenvalue weighted by Crippen LogP contribution is 1.98. The summed E-state index contributed by atoms with van der Waals surface area (Å²) in [6.45, 7) is 6.28. The highest BCUT2D eigenvalue weighted by molar-refractivity contribution is 7.99. The van der Waals surface area contributed by atoms with E-state index in [0.717, 1.165) is 77.2 Å². The first-order valence-corrected chi connectivity index (χ1v) is 9.77. The third-order valence-electron chi connectivity index (χ3n) is 3.34. The number of carbonyl (C=O) groups is 1. The van der Waals surface area contributed by atoms with E-state index in [2.05, 4.69) is 16.0 Å². The molecule has 138 valence electrons. The van der Waals surface area contributed by atoms with Crippen molar-refractivity contribution >= 4 is 17.7 Å². The number of hydrogen-bond donors (Lipinski definition) is 6. The second-order valence-corrected chi connectivity index (χ2v) is 6.66. The van der Waals surface area contributed by atoms with Crippen LogP contribution in [0.15, 0.2) is 0 Å².